The van der Waals surface area contributed by atoms with Gasteiger partial charge in [-0.3, -0.25) is 4.72 Å². The number of sulfonamides is 1. The second-order valence-electron chi connectivity index (χ2n) is 4.50. The fraction of sp³-hybridized carbons (Fsp3) is 0.231. The Labute approximate surface area is 116 Å². The number of halogens is 1. The van der Waals surface area contributed by atoms with Crippen LogP contribution < -0.4 is 4.72 Å². The van der Waals surface area contributed by atoms with Crippen molar-refractivity contribution in [2.75, 3.05) is 4.72 Å². The Bertz CT molecular complexity index is 738. The number of hydrogen-bond acceptors (Lipinski definition) is 3. The summed E-state index contributed by atoms with van der Waals surface area (Å²) in [6.45, 7) is 1.42. The second kappa shape index (κ2) is 5.26. The summed E-state index contributed by atoms with van der Waals surface area (Å²) in [5.74, 6) is -0.516. The van der Waals surface area contributed by atoms with E-state index in [0.29, 0.717) is 11.3 Å². The van der Waals surface area contributed by atoms with Gasteiger partial charge in [-0.25, -0.2) is 12.8 Å². The highest BCUT2D eigenvalue weighted by Crippen LogP contribution is 2.21. The molecule has 0 atom stereocenters. The highest BCUT2D eigenvalue weighted by atomic mass is 32.2. The zero-order chi connectivity index (χ0) is 14.9. The fourth-order valence-electron chi connectivity index (χ4n) is 1.79. The van der Waals surface area contributed by atoms with E-state index in [1.807, 2.05) is 0 Å². The van der Waals surface area contributed by atoms with E-state index in [1.165, 1.54) is 29.0 Å². The quantitative estimate of drug-likeness (QED) is 0.903. The molecule has 0 amide bonds. The third-order valence-electron chi connectivity index (χ3n) is 3.00. The van der Waals surface area contributed by atoms with Crippen LogP contribution in [0.1, 0.15) is 11.3 Å². The Morgan fingerprint density at radius 2 is 2.05 bits per heavy atom. The molecule has 0 fully saturated rings. The zero-order valence-electron chi connectivity index (χ0n) is 11.1. The van der Waals surface area contributed by atoms with Gasteiger partial charge in [0.15, 0.2) is 0 Å². The van der Waals surface area contributed by atoms with Crippen LogP contribution in [0.15, 0.2) is 35.4 Å². The molecular formula is C13H15FN2O3S. The van der Waals surface area contributed by atoms with Crippen molar-refractivity contribution in [1.82, 2.24) is 4.57 Å². The number of anilines is 1. The van der Waals surface area contributed by atoms with Crippen molar-refractivity contribution in [3.8, 4) is 0 Å². The first-order chi connectivity index (χ1) is 9.33. The maximum Gasteiger partial charge on any atom is 0.263 e. The van der Waals surface area contributed by atoms with Crippen LogP contribution in [-0.4, -0.2) is 18.1 Å². The number of aliphatic hydroxyl groups excluding tert-OH is 1. The van der Waals surface area contributed by atoms with E-state index in [9.17, 15) is 12.8 Å². The number of aromatic nitrogens is 1. The third kappa shape index (κ3) is 2.83. The molecule has 0 bridgehead atoms. The van der Waals surface area contributed by atoms with E-state index < -0.39 is 15.8 Å². The highest BCUT2D eigenvalue weighted by molar-refractivity contribution is 7.92. The predicted octanol–water partition coefficient (Wildman–Crippen LogP) is 1.77. The molecule has 0 saturated carbocycles. The van der Waals surface area contributed by atoms with Crippen molar-refractivity contribution in [3.63, 3.8) is 0 Å². The molecule has 0 saturated heterocycles. The average Bonchev–Trinajstić information content (AvgIpc) is 2.76. The lowest BCUT2D eigenvalue weighted by Crippen LogP contribution is -2.13. The van der Waals surface area contributed by atoms with Crippen LogP contribution in [0.25, 0.3) is 0 Å². The summed E-state index contributed by atoms with van der Waals surface area (Å²) in [7, 11) is -2.18. The van der Waals surface area contributed by atoms with Crippen molar-refractivity contribution < 1.29 is 17.9 Å². The molecule has 0 aliphatic heterocycles. The molecular weight excluding hydrogens is 283 g/mol. The van der Waals surface area contributed by atoms with Crippen LogP contribution in [0, 0.1) is 12.7 Å². The van der Waals surface area contributed by atoms with Gasteiger partial charge in [-0.2, -0.15) is 0 Å². The number of aliphatic hydroxyl groups is 1. The van der Waals surface area contributed by atoms with Crippen molar-refractivity contribution in [3.05, 3.63) is 47.5 Å². The van der Waals surface area contributed by atoms with Crippen LogP contribution in [-0.2, 0) is 23.7 Å². The third-order valence-corrected chi connectivity index (χ3v) is 4.33. The summed E-state index contributed by atoms with van der Waals surface area (Å²) in [5, 5.41) is 9.08. The molecule has 1 aromatic heterocycles. The van der Waals surface area contributed by atoms with Gasteiger partial charge >= 0.3 is 0 Å². The van der Waals surface area contributed by atoms with Crippen LogP contribution in [0.3, 0.4) is 0 Å². The van der Waals surface area contributed by atoms with Crippen LogP contribution in [0.2, 0.25) is 0 Å². The number of rotatable bonds is 4. The van der Waals surface area contributed by atoms with E-state index in [-0.39, 0.29) is 17.2 Å². The Balaban J connectivity index is 2.37. The molecule has 1 heterocycles. The summed E-state index contributed by atoms with van der Waals surface area (Å²) in [5.41, 5.74) is 1.29. The molecule has 0 unspecified atom stereocenters. The maximum atomic E-state index is 13.2. The highest BCUT2D eigenvalue weighted by Gasteiger charge is 2.18. The minimum absolute atomic E-state index is 0.0210. The van der Waals surface area contributed by atoms with Crippen LogP contribution in [0.5, 0.6) is 0 Å². The average molecular weight is 298 g/mol. The van der Waals surface area contributed by atoms with Gasteiger partial charge in [-0.1, -0.05) is 6.07 Å². The number of hydrogen-bond donors (Lipinski definition) is 2. The molecule has 7 heteroatoms. The number of benzene rings is 1. The summed E-state index contributed by atoms with van der Waals surface area (Å²) >= 11 is 0. The van der Waals surface area contributed by atoms with Crippen LogP contribution >= 0.6 is 0 Å². The molecule has 2 rings (SSSR count). The summed E-state index contributed by atoms with van der Waals surface area (Å²) in [4.78, 5) is 0.0210. The molecule has 0 spiro atoms. The Morgan fingerprint density at radius 3 is 2.65 bits per heavy atom. The number of aryl methyl sites for hydroxylation is 2. The Hall–Kier alpha value is -1.86. The molecule has 2 N–H and O–H groups in total. The fourth-order valence-corrected chi connectivity index (χ4v) is 3.00. The first-order valence-electron chi connectivity index (χ1n) is 5.88. The SMILES string of the molecule is Cc1ccc(F)cc1NS(=O)(=O)c1cc(CO)n(C)c1. The van der Waals surface area contributed by atoms with E-state index in [0.717, 1.165) is 6.07 Å². The molecule has 2 aromatic rings. The normalized spacial score (nSPS) is 11.6. The topological polar surface area (TPSA) is 71.3 Å². The summed E-state index contributed by atoms with van der Waals surface area (Å²) in [6.07, 6.45) is 1.39. The van der Waals surface area contributed by atoms with E-state index in [1.54, 1.807) is 14.0 Å². The zero-order valence-corrected chi connectivity index (χ0v) is 11.9. The molecule has 20 heavy (non-hydrogen) atoms. The van der Waals surface area contributed by atoms with Gasteiger partial charge in [0, 0.05) is 18.9 Å². The van der Waals surface area contributed by atoms with Gasteiger partial charge in [-0.05, 0) is 30.7 Å². The van der Waals surface area contributed by atoms with Gasteiger partial charge in [-0.15, -0.1) is 0 Å². The second-order valence-corrected chi connectivity index (χ2v) is 6.18. The van der Waals surface area contributed by atoms with Crippen molar-refractivity contribution in [2.24, 2.45) is 7.05 Å². The standard InChI is InChI=1S/C13H15FN2O3S/c1-9-3-4-10(14)5-13(9)15-20(18,19)12-6-11(8-17)16(2)7-12/h3-7,15,17H,8H2,1-2H3. The van der Waals surface area contributed by atoms with Gasteiger partial charge in [0.1, 0.15) is 10.7 Å². The van der Waals surface area contributed by atoms with Crippen molar-refractivity contribution in [2.45, 2.75) is 18.4 Å². The minimum atomic E-state index is -3.81. The lowest BCUT2D eigenvalue weighted by atomic mass is 10.2. The molecule has 5 nitrogen and oxygen atoms in total. The van der Waals surface area contributed by atoms with Gasteiger partial charge < -0.3 is 9.67 Å². The first-order valence-corrected chi connectivity index (χ1v) is 7.37. The molecule has 1 aromatic carbocycles. The van der Waals surface area contributed by atoms with E-state index in [2.05, 4.69) is 4.72 Å². The lowest BCUT2D eigenvalue weighted by molar-refractivity contribution is 0.272. The number of nitrogens with zero attached hydrogens (tertiary/aromatic N) is 1. The molecule has 0 radical (unpaired) electrons. The Kier molecular flexibility index (Phi) is 3.82. The van der Waals surface area contributed by atoms with Gasteiger partial charge in [0.05, 0.1) is 12.3 Å². The molecule has 0 aliphatic rings. The van der Waals surface area contributed by atoms with E-state index in [4.69, 9.17) is 5.11 Å². The van der Waals surface area contributed by atoms with Gasteiger partial charge in [0.25, 0.3) is 10.0 Å². The molecule has 108 valence electrons. The summed E-state index contributed by atoms with van der Waals surface area (Å²) < 4.78 is 41.5. The largest absolute Gasteiger partial charge is 0.390 e. The minimum Gasteiger partial charge on any atom is -0.390 e. The van der Waals surface area contributed by atoms with Gasteiger partial charge in [0.2, 0.25) is 0 Å². The smallest absolute Gasteiger partial charge is 0.263 e. The monoisotopic (exact) mass is 298 g/mol. The van der Waals surface area contributed by atoms with E-state index >= 15 is 0 Å². The Morgan fingerprint density at radius 1 is 1.35 bits per heavy atom. The predicted molar refractivity (Wildman–Crippen MR) is 73.3 cm³/mol. The maximum absolute atomic E-state index is 13.2. The first kappa shape index (κ1) is 14.5. The van der Waals surface area contributed by atoms with Crippen molar-refractivity contribution in [1.29, 1.82) is 0 Å². The van der Waals surface area contributed by atoms with Crippen molar-refractivity contribution >= 4 is 15.7 Å². The number of nitrogens with one attached hydrogen (secondary N) is 1. The molecule has 0 aliphatic carbocycles. The van der Waals surface area contributed by atoms with Crippen LogP contribution in [0.4, 0.5) is 10.1 Å². The summed E-state index contributed by atoms with van der Waals surface area (Å²) in [6, 6.07) is 5.26. The lowest BCUT2D eigenvalue weighted by Gasteiger charge is -2.09.